The lowest BCUT2D eigenvalue weighted by molar-refractivity contribution is 0.478. The molecule has 0 bridgehead atoms. The number of thiophene rings is 1. The highest BCUT2D eigenvalue weighted by Gasteiger charge is 2.14. The second-order valence-corrected chi connectivity index (χ2v) is 9.40. The molecule has 5 nitrogen and oxygen atoms in total. The molecule has 4 aromatic rings. The number of rotatable bonds is 7. The van der Waals surface area contributed by atoms with E-state index in [4.69, 9.17) is 4.74 Å². The van der Waals surface area contributed by atoms with Crippen molar-refractivity contribution >= 4 is 21.4 Å². The molecular formula is C23H20N2O3S2. The van der Waals surface area contributed by atoms with Crippen molar-refractivity contribution in [2.45, 2.75) is 18.4 Å². The van der Waals surface area contributed by atoms with Crippen molar-refractivity contribution in [1.82, 2.24) is 9.71 Å². The van der Waals surface area contributed by atoms with Gasteiger partial charge in [0.1, 0.15) is 11.5 Å². The lowest BCUT2D eigenvalue weighted by Gasteiger charge is -2.10. The van der Waals surface area contributed by atoms with Crippen LogP contribution >= 0.6 is 11.3 Å². The van der Waals surface area contributed by atoms with Crippen LogP contribution in [-0.2, 0) is 16.6 Å². The Hall–Kier alpha value is -3.00. The molecule has 0 atom stereocenters. The molecule has 0 aliphatic rings. The van der Waals surface area contributed by atoms with Crippen LogP contribution in [0.15, 0.2) is 89.3 Å². The molecule has 30 heavy (non-hydrogen) atoms. The zero-order valence-electron chi connectivity index (χ0n) is 16.3. The number of nitrogens with one attached hydrogen (secondary N) is 1. The predicted octanol–water partition coefficient (Wildman–Crippen LogP) is 5.39. The molecule has 2 aromatic heterocycles. The Morgan fingerprint density at radius 1 is 1.00 bits per heavy atom. The summed E-state index contributed by atoms with van der Waals surface area (Å²) in [6.07, 6.45) is 1.69. The van der Waals surface area contributed by atoms with Crippen molar-refractivity contribution in [3.8, 4) is 22.1 Å². The van der Waals surface area contributed by atoms with Crippen LogP contribution in [0.1, 0.15) is 11.1 Å². The zero-order chi connectivity index (χ0) is 21.0. The van der Waals surface area contributed by atoms with E-state index in [1.807, 2.05) is 54.8 Å². The van der Waals surface area contributed by atoms with Gasteiger partial charge in [-0.1, -0.05) is 24.3 Å². The Kier molecular flexibility index (Phi) is 5.94. The number of aryl methyl sites for hydroxylation is 1. The van der Waals surface area contributed by atoms with Crippen LogP contribution in [0.4, 0.5) is 0 Å². The van der Waals surface area contributed by atoms with E-state index in [2.05, 4.69) is 9.71 Å². The quantitative estimate of drug-likeness (QED) is 0.422. The normalized spacial score (nSPS) is 11.4. The summed E-state index contributed by atoms with van der Waals surface area (Å²) < 4.78 is 33.8. The van der Waals surface area contributed by atoms with E-state index in [1.165, 1.54) is 0 Å². The second kappa shape index (κ2) is 8.79. The predicted molar refractivity (Wildman–Crippen MR) is 119 cm³/mol. The lowest BCUT2D eigenvalue weighted by Crippen LogP contribution is -2.23. The van der Waals surface area contributed by atoms with Gasteiger partial charge in [-0.15, -0.1) is 11.3 Å². The van der Waals surface area contributed by atoms with Gasteiger partial charge in [-0.2, -0.15) is 0 Å². The molecule has 0 fully saturated rings. The summed E-state index contributed by atoms with van der Waals surface area (Å²) in [4.78, 5) is 5.59. The van der Waals surface area contributed by atoms with Gasteiger partial charge in [-0.25, -0.2) is 13.1 Å². The molecule has 152 valence electrons. The van der Waals surface area contributed by atoms with E-state index in [0.717, 1.165) is 27.4 Å². The van der Waals surface area contributed by atoms with Crippen LogP contribution in [0.25, 0.3) is 10.6 Å². The van der Waals surface area contributed by atoms with E-state index in [1.54, 1.807) is 47.9 Å². The van der Waals surface area contributed by atoms with Gasteiger partial charge >= 0.3 is 0 Å². The third-order valence-corrected chi connectivity index (χ3v) is 6.83. The third kappa shape index (κ3) is 4.76. The van der Waals surface area contributed by atoms with Gasteiger partial charge in [0, 0.05) is 12.7 Å². The zero-order valence-corrected chi connectivity index (χ0v) is 17.9. The van der Waals surface area contributed by atoms with Gasteiger partial charge in [0.05, 0.1) is 15.5 Å². The van der Waals surface area contributed by atoms with E-state index in [9.17, 15) is 8.42 Å². The number of aromatic nitrogens is 1. The number of pyridine rings is 1. The number of hydrogen-bond acceptors (Lipinski definition) is 5. The third-order valence-electron chi connectivity index (χ3n) is 4.52. The fraction of sp³-hybridized carbons (Fsp3) is 0.0870. The Morgan fingerprint density at radius 2 is 1.80 bits per heavy atom. The molecule has 2 heterocycles. The summed E-state index contributed by atoms with van der Waals surface area (Å²) in [7, 11) is -3.65. The molecule has 0 unspecified atom stereocenters. The van der Waals surface area contributed by atoms with Crippen molar-refractivity contribution in [2.75, 3.05) is 0 Å². The molecule has 7 heteroatoms. The first-order chi connectivity index (χ1) is 14.5. The number of nitrogens with zero attached hydrogens (tertiary/aromatic N) is 1. The van der Waals surface area contributed by atoms with Gasteiger partial charge in [-0.3, -0.25) is 4.98 Å². The molecule has 0 spiro atoms. The first-order valence-electron chi connectivity index (χ1n) is 9.33. The van der Waals surface area contributed by atoms with E-state index in [-0.39, 0.29) is 11.4 Å². The highest BCUT2D eigenvalue weighted by atomic mass is 32.2. The Morgan fingerprint density at radius 3 is 2.53 bits per heavy atom. The first kappa shape index (κ1) is 20.3. The molecular weight excluding hydrogens is 416 g/mol. The average molecular weight is 437 g/mol. The molecule has 0 saturated heterocycles. The molecule has 0 aliphatic carbocycles. The van der Waals surface area contributed by atoms with Crippen LogP contribution in [0, 0.1) is 6.92 Å². The molecule has 0 amide bonds. The summed E-state index contributed by atoms with van der Waals surface area (Å²) in [5.74, 6) is 1.32. The largest absolute Gasteiger partial charge is 0.457 e. The number of benzene rings is 2. The van der Waals surface area contributed by atoms with Crippen LogP contribution in [-0.4, -0.2) is 13.4 Å². The fourth-order valence-electron chi connectivity index (χ4n) is 2.89. The number of sulfonamides is 1. The Labute approximate surface area is 180 Å². The van der Waals surface area contributed by atoms with Crippen molar-refractivity contribution in [3.63, 3.8) is 0 Å². The van der Waals surface area contributed by atoms with E-state index >= 15 is 0 Å². The second-order valence-electron chi connectivity index (χ2n) is 6.69. The number of para-hydroxylation sites is 1. The van der Waals surface area contributed by atoms with E-state index in [0.29, 0.717) is 5.75 Å². The molecule has 4 rings (SSSR count). The van der Waals surface area contributed by atoms with Gasteiger partial charge in [-0.05, 0) is 72.0 Å². The first-order valence-corrected chi connectivity index (χ1v) is 11.7. The van der Waals surface area contributed by atoms with Gasteiger partial charge < -0.3 is 4.74 Å². The highest BCUT2D eigenvalue weighted by molar-refractivity contribution is 7.89. The maximum Gasteiger partial charge on any atom is 0.240 e. The van der Waals surface area contributed by atoms with Crippen molar-refractivity contribution < 1.29 is 13.2 Å². The van der Waals surface area contributed by atoms with Crippen LogP contribution < -0.4 is 9.46 Å². The summed E-state index contributed by atoms with van der Waals surface area (Å²) in [5, 5.41) is 1.98. The van der Waals surface area contributed by atoms with Gasteiger partial charge in [0.25, 0.3) is 0 Å². The summed E-state index contributed by atoms with van der Waals surface area (Å²) in [5.41, 5.74) is 2.69. The Bertz CT molecular complexity index is 1240. The topological polar surface area (TPSA) is 68.3 Å². The number of hydrogen-bond donors (Lipinski definition) is 1. The Balaban J connectivity index is 1.44. The van der Waals surface area contributed by atoms with Crippen LogP contribution in [0.3, 0.4) is 0 Å². The van der Waals surface area contributed by atoms with Gasteiger partial charge in [0.15, 0.2) is 0 Å². The highest BCUT2D eigenvalue weighted by Crippen LogP contribution is 2.26. The minimum Gasteiger partial charge on any atom is -0.457 e. The fourth-order valence-corrected chi connectivity index (χ4v) is 4.60. The van der Waals surface area contributed by atoms with Crippen molar-refractivity contribution in [1.29, 1.82) is 0 Å². The molecule has 1 N–H and O–H groups in total. The maximum atomic E-state index is 12.7. The molecule has 0 radical (unpaired) electrons. The van der Waals surface area contributed by atoms with Crippen LogP contribution in [0.5, 0.6) is 11.5 Å². The molecule has 2 aromatic carbocycles. The number of ether oxygens (including phenoxy) is 1. The van der Waals surface area contributed by atoms with E-state index < -0.39 is 10.0 Å². The van der Waals surface area contributed by atoms with Crippen molar-refractivity contribution in [2.24, 2.45) is 0 Å². The lowest BCUT2D eigenvalue weighted by atomic mass is 10.2. The molecule has 0 saturated carbocycles. The van der Waals surface area contributed by atoms with Crippen molar-refractivity contribution in [3.05, 3.63) is 95.5 Å². The van der Waals surface area contributed by atoms with Crippen LogP contribution in [0.2, 0.25) is 0 Å². The monoisotopic (exact) mass is 436 g/mol. The maximum absolute atomic E-state index is 12.7. The van der Waals surface area contributed by atoms with Gasteiger partial charge in [0.2, 0.25) is 10.0 Å². The summed E-state index contributed by atoms with van der Waals surface area (Å²) in [6, 6.07) is 21.7. The summed E-state index contributed by atoms with van der Waals surface area (Å²) in [6.45, 7) is 2.14. The minimum atomic E-state index is -3.65. The smallest absolute Gasteiger partial charge is 0.240 e. The SMILES string of the molecule is Cc1ccccc1Oc1ccc(S(=O)(=O)NCc2ccnc(-c3cccs3)c2)cc1. The summed E-state index contributed by atoms with van der Waals surface area (Å²) >= 11 is 1.59. The standard InChI is InChI=1S/C23H20N2O3S2/c1-17-5-2-3-6-22(17)28-19-8-10-20(11-9-19)30(26,27)25-16-18-12-13-24-21(15-18)23-7-4-14-29-23/h2-15,25H,16H2,1H3. The minimum absolute atomic E-state index is 0.185. The molecule has 0 aliphatic heterocycles. The average Bonchev–Trinajstić information content (AvgIpc) is 3.30.